The lowest BCUT2D eigenvalue weighted by Crippen LogP contribution is -2.46. The summed E-state index contributed by atoms with van der Waals surface area (Å²) in [5.41, 5.74) is 3.79. The van der Waals surface area contributed by atoms with Crippen molar-refractivity contribution in [2.45, 2.75) is 64.1 Å². The number of para-hydroxylation sites is 1. The molecule has 5 rings (SSSR count). The zero-order valence-corrected chi connectivity index (χ0v) is 16.6. The molecule has 0 radical (unpaired) electrons. The van der Waals surface area contributed by atoms with Crippen molar-refractivity contribution < 1.29 is 0 Å². The Hall–Kier alpha value is -2.43. The first-order valence-electron chi connectivity index (χ1n) is 10.9. The van der Waals surface area contributed by atoms with Gasteiger partial charge in [-0.2, -0.15) is 0 Å². The highest BCUT2D eigenvalue weighted by Crippen LogP contribution is 2.37. The Morgan fingerprint density at radius 1 is 1.18 bits per heavy atom. The third kappa shape index (κ3) is 2.97. The van der Waals surface area contributed by atoms with Crippen molar-refractivity contribution in [3.8, 4) is 0 Å². The van der Waals surface area contributed by atoms with E-state index in [1.165, 1.54) is 54.4 Å². The predicted octanol–water partition coefficient (Wildman–Crippen LogP) is 4.72. The maximum absolute atomic E-state index is 5.31. The molecule has 2 aliphatic heterocycles. The fourth-order valence-corrected chi connectivity index (χ4v) is 4.88. The first kappa shape index (κ1) is 17.7. The van der Waals surface area contributed by atoms with Crippen LogP contribution in [0.3, 0.4) is 0 Å². The van der Waals surface area contributed by atoms with Gasteiger partial charge in [0.25, 0.3) is 0 Å². The summed E-state index contributed by atoms with van der Waals surface area (Å²) in [5.74, 6) is 1.53. The molecule has 0 saturated heterocycles. The summed E-state index contributed by atoms with van der Waals surface area (Å²) >= 11 is 0. The third-order valence-corrected chi connectivity index (χ3v) is 6.34. The molecule has 5 heteroatoms. The highest BCUT2D eigenvalue weighted by Gasteiger charge is 2.38. The molecule has 0 bridgehead atoms. The van der Waals surface area contributed by atoms with Gasteiger partial charge in [-0.1, -0.05) is 50.8 Å². The van der Waals surface area contributed by atoms with Crippen LogP contribution in [0.25, 0.3) is 10.9 Å². The Labute approximate surface area is 166 Å². The van der Waals surface area contributed by atoms with Crippen molar-refractivity contribution in [1.29, 1.82) is 0 Å². The summed E-state index contributed by atoms with van der Waals surface area (Å²) < 4.78 is 2.42. The minimum atomic E-state index is -0.0397. The van der Waals surface area contributed by atoms with E-state index in [2.05, 4.69) is 47.1 Å². The summed E-state index contributed by atoms with van der Waals surface area (Å²) in [6.45, 7) is 3.06. The largest absolute Gasteiger partial charge is 0.333 e. The van der Waals surface area contributed by atoms with Crippen LogP contribution >= 0.6 is 0 Å². The number of benzene rings is 1. The van der Waals surface area contributed by atoms with Crippen molar-refractivity contribution in [2.75, 3.05) is 6.54 Å². The maximum Gasteiger partial charge on any atom is 0.157 e. The van der Waals surface area contributed by atoms with E-state index in [0.29, 0.717) is 5.92 Å². The molecular formula is C23H29N5. The zero-order chi connectivity index (χ0) is 18.9. The van der Waals surface area contributed by atoms with Crippen LogP contribution < -0.4 is 5.32 Å². The second kappa shape index (κ2) is 7.53. The Balaban J connectivity index is 1.64. The molecule has 1 fully saturated rings. The van der Waals surface area contributed by atoms with Gasteiger partial charge in [0, 0.05) is 17.8 Å². The van der Waals surface area contributed by atoms with Gasteiger partial charge in [0.2, 0.25) is 0 Å². The number of rotatable bonds is 4. The highest BCUT2D eigenvalue weighted by atomic mass is 15.3. The second-order valence-electron chi connectivity index (χ2n) is 8.21. The van der Waals surface area contributed by atoms with Gasteiger partial charge in [-0.25, -0.2) is 4.99 Å². The molecule has 2 unspecified atom stereocenters. The van der Waals surface area contributed by atoms with E-state index in [9.17, 15) is 0 Å². The molecule has 1 aromatic carbocycles. The second-order valence-corrected chi connectivity index (χ2v) is 8.21. The molecule has 28 heavy (non-hydrogen) atoms. The number of unbranched alkanes of at least 4 members (excludes halogenated alkanes) is 1. The van der Waals surface area contributed by atoms with Crippen LogP contribution in [0, 0.1) is 5.92 Å². The number of hydrogen-bond donors (Lipinski definition) is 1. The van der Waals surface area contributed by atoms with E-state index in [1.54, 1.807) is 0 Å². The van der Waals surface area contributed by atoms with Crippen LogP contribution in [0.4, 0.5) is 0 Å². The van der Waals surface area contributed by atoms with Crippen molar-refractivity contribution in [2.24, 2.45) is 20.9 Å². The SMILES string of the molecule is CCCCN=C1NC=NC2C1N=C(C1CCCCC1)c1cc3ccccc3n12. The molecule has 1 aromatic heterocycles. The summed E-state index contributed by atoms with van der Waals surface area (Å²) in [5, 5.41) is 4.59. The number of amidine groups is 1. The smallest absolute Gasteiger partial charge is 0.157 e. The number of nitrogens with one attached hydrogen (secondary N) is 1. The monoisotopic (exact) mass is 375 g/mol. The van der Waals surface area contributed by atoms with Crippen LogP contribution in [-0.4, -0.2) is 35.0 Å². The Bertz CT molecular complexity index is 945. The topological polar surface area (TPSA) is 54.0 Å². The lowest BCUT2D eigenvalue weighted by Gasteiger charge is -2.36. The highest BCUT2D eigenvalue weighted by molar-refractivity contribution is 6.09. The average molecular weight is 376 g/mol. The molecule has 3 aliphatic rings. The molecule has 1 saturated carbocycles. The predicted molar refractivity (Wildman–Crippen MR) is 117 cm³/mol. The molecule has 0 amide bonds. The van der Waals surface area contributed by atoms with E-state index < -0.39 is 0 Å². The minimum absolute atomic E-state index is 0.0381. The van der Waals surface area contributed by atoms with Gasteiger partial charge >= 0.3 is 0 Å². The van der Waals surface area contributed by atoms with E-state index in [1.807, 2.05) is 6.34 Å². The number of aromatic nitrogens is 1. The quantitative estimate of drug-likeness (QED) is 0.772. The molecule has 2 atom stereocenters. The molecule has 146 valence electrons. The van der Waals surface area contributed by atoms with Gasteiger partial charge in [0.1, 0.15) is 11.9 Å². The summed E-state index contributed by atoms with van der Waals surface area (Å²) in [7, 11) is 0. The maximum atomic E-state index is 5.31. The molecule has 1 aliphatic carbocycles. The average Bonchev–Trinajstić information content (AvgIpc) is 3.14. The third-order valence-electron chi connectivity index (χ3n) is 6.34. The molecule has 5 nitrogen and oxygen atoms in total. The Morgan fingerprint density at radius 2 is 2.04 bits per heavy atom. The molecule has 3 heterocycles. The first-order valence-corrected chi connectivity index (χ1v) is 10.9. The fourth-order valence-electron chi connectivity index (χ4n) is 4.88. The summed E-state index contributed by atoms with van der Waals surface area (Å²) in [4.78, 5) is 15.0. The molecular weight excluding hydrogens is 346 g/mol. The number of hydrogen-bond acceptors (Lipinski definition) is 3. The van der Waals surface area contributed by atoms with Crippen LogP contribution in [0.1, 0.15) is 63.7 Å². The standard InChI is InChI=1S/C23H29N5/c1-2-3-13-24-22-21-23(26-15-25-22)28-18-12-8-7-11-17(18)14-19(28)20(27-21)16-9-5-4-6-10-16/h7-8,11-12,14-16,21,23H,2-6,9-10,13H2,1H3,(H,24,25,26). The summed E-state index contributed by atoms with van der Waals surface area (Å²) in [6, 6.07) is 10.9. The van der Waals surface area contributed by atoms with Gasteiger partial charge in [0.05, 0.1) is 23.3 Å². The number of fused-ring (bicyclic) bond motifs is 5. The van der Waals surface area contributed by atoms with Crippen LogP contribution in [0.5, 0.6) is 0 Å². The van der Waals surface area contributed by atoms with Gasteiger partial charge in [-0.15, -0.1) is 0 Å². The van der Waals surface area contributed by atoms with E-state index in [-0.39, 0.29) is 12.2 Å². The van der Waals surface area contributed by atoms with E-state index >= 15 is 0 Å². The van der Waals surface area contributed by atoms with Crippen LogP contribution in [-0.2, 0) is 0 Å². The molecule has 2 aromatic rings. The zero-order valence-electron chi connectivity index (χ0n) is 16.6. The van der Waals surface area contributed by atoms with Gasteiger partial charge in [0.15, 0.2) is 6.17 Å². The number of aliphatic imine (C=N–C) groups is 3. The van der Waals surface area contributed by atoms with Gasteiger partial charge < -0.3 is 9.88 Å². The Morgan fingerprint density at radius 3 is 2.89 bits per heavy atom. The van der Waals surface area contributed by atoms with Crippen molar-refractivity contribution in [1.82, 2.24) is 9.88 Å². The fraction of sp³-hybridized carbons (Fsp3) is 0.522. The van der Waals surface area contributed by atoms with Crippen LogP contribution in [0.2, 0.25) is 0 Å². The lowest BCUT2D eigenvalue weighted by molar-refractivity contribution is 0.421. The van der Waals surface area contributed by atoms with E-state index in [0.717, 1.165) is 25.2 Å². The normalized spacial score (nSPS) is 26.0. The van der Waals surface area contributed by atoms with Crippen molar-refractivity contribution in [3.05, 3.63) is 36.0 Å². The van der Waals surface area contributed by atoms with Gasteiger partial charge in [-0.05, 0) is 31.4 Å². The summed E-state index contributed by atoms with van der Waals surface area (Å²) in [6.07, 6.45) is 10.5. The molecule has 0 spiro atoms. The molecule has 1 N–H and O–H groups in total. The first-order chi connectivity index (χ1) is 13.9. The lowest BCUT2D eigenvalue weighted by atomic mass is 9.83. The number of nitrogens with zero attached hydrogens (tertiary/aromatic N) is 4. The minimum Gasteiger partial charge on any atom is -0.333 e. The Kier molecular flexibility index (Phi) is 4.75. The van der Waals surface area contributed by atoms with Crippen LogP contribution in [0.15, 0.2) is 45.3 Å². The van der Waals surface area contributed by atoms with E-state index in [4.69, 9.17) is 15.0 Å². The van der Waals surface area contributed by atoms with Gasteiger partial charge in [-0.3, -0.25) is 9.98 Å². The van der Waals surface area contributed by atoms with Crippen molar-refractivity contribution in [3.63, 3.8) is 0 Å². The van der Waals surface area contributed by atoms with Crippen molar-refractivity contribution >= 4 is 28.8 Å².